The van der Waals surface area contributed by atoms with Crippen LogP contribution in [0.25, 0.3) is 0 Å². The van der Waals surface area contributed by atoms with Crippen molar-refractivity contribution in [2.24, 2.45) is 0 Å². The Labute approximate surface area is 181 Å². The van der Waals surface area contributed by atoms with E-state index in [1.807, 2.05) is 0 Å². The molecule has 0 spiro atoms. The quantitative estimate of drug-likeness (QED) is 0.0790. The van der Waals surface area contributed by atoms with Crippen molar-refractivity contribution in [3.05, 3.63) is 12.7 Å². The summed E-state index contributed by atoms with van der Waals surface area (Å²) in [7, 11) is 0. The molecular weight excluding hydrogens is 392 g/mol. The highest BCUT2D eigenvalue weighted by molar-refractivity contribution is 9.09. The minimum Gasteiger partial charge on any atom is -0.103 e. The Bertz CT molecular complexity index is 261. The van der Waals surface area contributed by atoms with E-state index in [4.69, 9.17) is 0 Å². The van der Waals surface area contributed by atoms with Gasteiger partial charge in [-0.15, -0.1) is 6.58 Å². The zero-order valence-electron chi connectivity index (χ0n) is 18.6. The predicted molar refractivity (Wildman–Crippen MR) is 130 cm³/mol. The third-order valence-electron chi connectivity index (χ3n) is 5.79. The molecule has 0 aliphatic heterocycles. The maximum absolute atomic E-state index is 3.79. The smallest absolute Gasteiger partial charge is 0.00313 e. The van der Waals surface area contributed by atoms with Gasteiger partial charge >= 0.3 is 0 Å². The fourth-order valence-electron chi connectivity index (χ4n) is 3.92. The number of allylic oxidation sites excluding steroid dienone is 1. The van der Waals surface area contributed by atoms with Gasteiger partial charge in [-0.1, -0.05) is 150 Å². The lowest BCUT2D eigenvalue weighted by atomic mass is 10.0. The number of hydrogen-bond acceptors (Lipinski definition) is 0. The molecule has 0 N–H and O–H groups in total. The van der Waals surface area contributed by atoms with E-state index in [2.05, 4.69) is 28.6 Å². The van der Waals surface area contributed by atoms with Gasteiger partial charge in [0.1, 0.15) is 0 Å². The number of alkyl halides is 1. The molecule has 0 aromatic heterocycles. The van der Waals surface area contributed by atoms with Crippen molar-refractivity contribution in [3.8, 4) is 0 Å². The molecule has 0 aliphatic rings. The minimum absolute atomic E-state index is 1.18. The summed E-state index contributed by atoms with van der Waals surface area (Å²) in [4.78, 5) is 0. The van der Waals surface area contributed by atoms with Gasteiger partial charge in [-0.3, -0.25) is 0 Å². The second-order valence-electron chi connectivity index (χ2n) is 8.54. The lowest BCUT2D eigenvalue weighted by molar-refractivity contribution is 0.519. The minimum atomic E-state index is 1.18. The second kappa shape index (κ2) is 26.2. The average molecular weight is 444 g/mol. The molecule has 0 rings (SSSR count). The van der Waals surface area contributed by atoms with E-state index in [0.29, 0.717) is 0 Å². The molecule has 0 heterocycles. The number of unbranched alkanes of at least 4 members (excludes halogenated alkanes) is 22. The second-order valence-corrected chi connectivity index (χ2v) is 9.34. The first-order valence-electron chi connectivity index (χ1n) is 12.6. The Balaban J connectivity index is 2.96. The molecule has 0 amide bonds. The van der Waals surface area contributed by atoms with Crippen molar-refractivity contribution in [1.82, 2.24) is 0 Å². The first-order chi connectivity index (χ1) is 13.4. The molecule has 0 saturated carbocycles. The van der Waals surface area contributed by atoms with Crippen molar-refractivity contribution in [1.29, 1.82) is 0 Å². The fourth-order valence-corrected chi connectivity index (χ4v) is 4.32. The van der Waals surface area contributed by atoms with Crippen molar-refractivity contribution in [3.63, 3.8) is 0 Å². The lowest BCUT2D eigenvalue weighted by Crippen LogP contribution is -1.84. The highest BCUT2D eigenvalue weighted by Gasteiger charge is 1.95. The first-order valence-corrected chi connectivity index (χ1v) is 13.7. The fraction of sp³-hybridized carbons (Fsp3) is 0.923. The Morgan fingerprint density at radius 2 is 0.593 bits per heavy atom. The number of hydrogen-bond donors (Lipinski definition) is 0. The highest BCUT2D eigenvalue weighted by atomic mass is 79.9. The Morgan fingerprint density at radius 1 is 0.370 bits per heavy atom. The molecule has 0 bridgehead atoms. The van der Waals surface area contributed by atoms with Gasteiger partial charge in [0.05, 0.1) is 0 Å². The molecule has 0 nitrogen and oxygen atoms in total. The monoisotopic (exact) mass is 442 g/mol. The van der Waals surface area contributed by atoms with Crippen LogP contribution in [0.3, 0.4) is 0 Å². The topological polar surface area (TPSA) is 0 Å². The van der Waals surface area contributed by atoms with Gasteiger partial charge in [0.2, 0.25) is 0 Å². The summed E-state index contributed by atoms with van der Waals surface area (Å²) in [6, 6.07) is 0. The van der Waals surface area contributed by atoms with Crippen molar-refractivity contribution < 1.29 is 0 Å². The van der Waals surface area contributed by atoms with E-state index >= 15 is 0 Å². The first kappa shape index (κ1) is 27.2. The molecule has 1 heteroatoms. The largest absolute Gasteiger partial charge is 0.103 e. The molecule has 0 radical (unpaired) electrons. The van der Waals surface area contributed by atoms with Crippen LogP contribution in [0.2, 0.25) is 0 Å². The van der Waals surface area contributed by atoms with Gasteiger partial charge in [0.15, 0.2) is 0 Å². The molecule has 162 valence electrons. The van der Waals surface area contributed by atoms with Crippen LogP contribution in [0.1, 0.15) is 148 Å². The molecule has 0 aromatic rings. The van der Waals surface area contributed by atoms with Gasteiger partial charge in [0.25, 0.3) is 0 Å². The van der Waals surface area contributed by atoms with Gasteiger partial charge in [-0.2, -0.15) is 0 Å². The van der Waals surface area contributed by atoms with E-state index in [1.165, 1.54) is 153 Å². The molecule has 0 fully saturated rings. The van der Waals surface area contributed by atoms with Crippen LogP contribution in [0.5, 0.6) is 0 Å². The van der Waals surface area contributed by atoms with E-state index in [1.54, 1.807) is 0 Å². The summed E-state index contributed by atoms with van der Waals surface area (Å²) >= 11 is 3.51. The summed E-state index contributed by atoms with van der Waals surface area (Å²) in [5.41, 5.74) is 0. The molecule has 0 atom stereocenters. The molecular formula is C26H51Br. The molecule has 0 aliphatic carbocycles. The van der Waals surface area contributed by atoms with Gasteiger partial charge in [-0.25, -0.2) is 0 Å². The maximum Gasteiger partial charge on any atom is 0.00313 e. The van der Waals surface area contributed by atoms with Crippen molar-refractivity contribution in [2.75, 3.05) is 5.33 Å². The van der Waals surface area contributed by atoms with Crippen LogP contribution >= 0.6 is 15.9 Å². The normalized spacial score (nSPS) is 11.1. The van der Waals surface area contributed by atoms with Crippen LogP contribution in [0.4, 0.5) is 0 Å². The summed E-state index contributed by atoms with van der Waals surface area (Å²) in [5, 5.41) is 1.18. The van der Waals surface area contributed by atoms with Crippen molar-refractivity contribution >= 4 is 15.9 Å². The Morgan fingerprint density at radius 3 is 0.815 bits per heavy atom. The highest BCUT2D eigenvalue weighted by Crippen LogP contribution is 2.15. The van der Waals surface area contributed by atoms with E-state index in [0.717, 1.165) is 0 Å². The summed E-state index contributed by atoms with van der Waals surface area (Å²) in [6.45, 7) is 3.79. The Kier molecular flexibility index (Phi) is 26.4. The zero-order valence-corrected chi connectivity index (χ0v) is 20.2. The molecule has 0 saturated heterocycles. The molecule has 27 heavy (non-hydrogen) atoms. The Hall–Kier alpha value is 0.220. The molecule has 0 unspecified atom stereocenters. The predicted octanol–water partition coefficient (Wildman–Crippen LogP) is 10.5. The van der Waals surface area contributed by atoms with Crippen LogP contribution in [0.15, 0.2) is 12.7 Å². The molecule has 0 aromatic carbocycles. The lowest BCUT2D eigenvalue weighted by Gasteiger charge is -2.04. The maximum atomic E-state index is 3.79. The van der Waals surface area contributed by atoms with Crippen LogP contribution in [0, 0.1) is 0 Å². The van der Waals surface area contributed by atoms with Gasteiger partial charge < -0.3 is 0 Å². The third-order valence-corrected chi connectivity index (χ3v) is 6.35. The summed E-state index contributed by atoms with van der Waals surface area (Å²) in [6.07, 6.45) is 35.3. The average Bonchev–Trinajstić information content (AvgIpc) is 2.68. The van der Waals surface area contributed by atoms with E-state index in [9.17, 15) is 0 Å². The van der Waals surface area contributed by atoms with Crippen molar-refractivity contribution in [2.45, 2.75) is 148 Å². The van der Waals surface area contributed by atoms with Gasteiger partial charge in [0, 0.05) is 5.33 Å². The van der Waals surface area contributed by atoms with E-state index < -0.39 is 0 Å². The van der Waals surface area contributed by atoms with Gasteiger partial charge in [-0.05, 0) is 19.3 Å². The third kappa shape index (κ3) is 26.2. The van der Waals surface area contributed by atoms with Crippen LogP contribution < -0.4 is 0 Å². The SMILES string of the molecule is C=CCCCCCCCCCCCCCCCCCCCCCCCCBr. The van der Waals surface area contributed by atoms with Crippen LogP contribution in [-0.2, 0) is 0 Å². The zero-order chi connectivity index (χ0) is 19.7. The summed E-state index contributed by atoms with van der Waals surface area (Å²) in [5.74, 6) is 0. The number of rotatable bonds is 24. The van der Waals surface area contributed by atoms with Crippen LogP contribution in [-0.4, -0.2) is 5.33 Å². The van der Waals surface area contributed by atoms with E-state index in [-0.39, 0.29) is 0 Å². The standard InChI is InChI=1S/C26H51Br/c1-2-3-4-5-6-7-8-9-10-11-12-13-14-15-16-17-18-19-20-21-22-23-24-25-26-27/h2H,1,3-26H2. The summed E-state index contributed by atoms with van der Waals surface area (Å²) < 4.78 is 0. The number of halogens is 1.